The number of morpholine rings is 1. The summed E-state index contributed by atoms with van der Waals surface area (Å²) < 4.78 is 13.3. The van der Waals surface area contributed by atoms with Crippen molar-refractivity contribution >= 4 is 0 Å². The van der Waals surface area contributed by atoms with Crippen molar-refractivity contribution in [3.63, 3.8) is 0 Å². The minimum atomic E-state index is -0.118. The highest BCUT2D eigenvalue weighted by Crippen LogP contribution is 2.27. The summed E-state index contributed by atoms with van der Waals surface area (Å²) in [6.45, 7) is 3.87. The molecule has 1 fully saturated rings. The Morgan fingerprint density at radius 3 is 2.77 bits per heavy atom. The number of rotatable bonds is 6. The van der Waals surface area contributed by atoms with Crippen LogP contribution in [0.5, 0.6) is 0 Å². The summed E-state index contributed by atoms with van der Waals surface area (Å²) in [6.07, 6.45) is 7.45. The summed E-state index contributed by atoms with van der Waals surface area (Å²) in [4.78, 5) is 11.2. The van der Waals surface area contributed by atoms with Crippen molar-refractivity contribution in [1.29, 1.82) is 0 Å². The minimum Gasteiger partial charge on any atom is -0.455 e. The van der Waals surface area contributed by atoms with Crippen LogP contribution in [0.3, 0.4) is 0 Å². The summed E-state index contributed by atoms with van der Waals surface area (Å²) in [5.74, 6) is 1.95. The quantitative estimate of drug-likeness (QED) is 0.731. The third-order valence-electron chi connectivity index (χ3n) is 4.68. The van der Waals surface area contributed by atoms with Crippen LogP contribution >= 0.6 is 0 Å². The first-order valence-electron chi connectivity index (χ1n) is 8.78. The van der Waals surface area contributed by atoms with Crippen molar-refractivity contribution in [2.24, 2.45) is 0 Å². The van der Waals surface area contributed by atoms with Gasteiger partial charge < -0.3 is 18.8 Å². The molecule has 26 heavy (non-hydrogen) atoms. The van der Waals surface area contributed by atoms with Gasteiger partial charge in [-0.2, -0.15) is 0 Å². The van der Waals surface area contributed by atoms with Gasteiger partial charge in [-0.25, -0.2) is 4.98 Å². The highest BCUT2D eigenvalue weighted by Gasteiger charge is 2.24. The van der Waals surface area contributed by atoms with E-state index in [1.807, 2.05) is 24.5 Å². The van der Waals surface area contributed by atoms with Crippen LogP contribution in [0.2, 0.25) is 0 Å². The van der Waals surface area contributed by atoms with Crippen LogP contribution in [0.1, 0.15) is 17.4 Å². The molecule has 0 bridgehead atoms. The maximum atomic E-state index is 9.24. The van der Waals surface area contributed by atoms with Crippen LogP contribution in [-0.4, -0.2) is 50.8 Å². The summed E-state index contributed by atoms with van der Waals surface area (Å²) in [6, 6.07) is 7.87. The zero-order chi connectivity index (χ0) is 17.8. The molecule has 0 aliphatic carbocycles. The average molecular weight is 354 g/mol. The summed E-state index contributed by atoms with van der Waals surface area (Å²) in [5.41, 5.74) is 1.17. The van der Waals surface area contributed by atoms with Crippen molar-refractivity contribution in [2.45, 2.75) is 19.2 Å². The van der Waals surface area contributed by atoms with E-state index in [2.05, 4.69) is 25.5 Å². The number of hydrogen-bond acceptors (Lipinski definition) is 6. The molecule has 0 aromatic carbocycles. The van der Waals surface area contributed by atoms with E-state index in [-0.39, 0.29) is 12.6 Å². The molecule has 1 aliphatic rings. The van der Waals surface area contributed by atoms with Crippen LogP contribution in [0.4, 0.5) is 0 Å². The second-order valence-corrected chi connectivity index (χ2v) is 6.28. The Hall–Kier alpha value is -2.48. The summed E-state index contributed by atoms with van der Waals surface area (Å²) in [7, 11) is 0. The molecule has 0 radical (unpaired) electrons. The van der Waals surface area contributed by atoms with E-state index in [0.29, 0.717) is 11.5 Å². The fraction of sp³-hybridized carbons (Fsp3) is 0.368. The van der Waals surface area contributed by atoms with E-state index in [0.717, 1.165) is 38.7 Å². The molecule has 7 nitrogen and oxygen atoms in total. The molecule has 0 amide bonds. The van der Waals surface area contributed by atoms with Crippen LogP contribution in [0.15, 0.2) is 53.5 Å². The number of nitrogens with zero attached hydrogens (tertiary/aromatic N) is 4. The van der Waals surface area contributed by atoms with Gasteiger partial charge in [-0.1, -0.05) is 6.07 Å². The highest BCUT2D eigenvalue weighted by atomic mass is 16.5. The van der Waals surface area contributed by atoms with Crippen LogP contribution in [0, 0.1) is 0 Å². The third-order valence-corrected chi connectivity index (χ3v) is 4.68. The molecule has 3 aromatic heterocycles. The number of pyridine rings is 1. The maximum Gasteiger partial charge on any atom is 0.176 e. The lowest BCUT2D eigenvalue weighted by atomic mass is 10.1. The molecule has 4 rings (SSSR count). The highest BCUT2D eigenvalue weighted by molar-refractivity contribution is 5.47. The zero-order valence-corrected chi connectivity index (χ0v) is 14.5. The van der Waals surface area contributed by atoms with Crippen molar-refractivity contribution in [3.8, 4) is 11.6 Å². The number of aliphatic hydroxyl groups excluding tert-OH is 1. The molecule has 1 N–H and O–H groups in total. The zero-order valence-electron chi connectivity index (χ0n) is 14.5. The molecule has 0 spiro atoms. The van der Waals surface area contributed by atoms with Gasteiger partial charge in [-0.15, -0.1) is 0 Å². The Bertz CT molecular complexity index is 824. The van der Waals surface area contributed by atoms with Crippen molar-refractivity contribution < 1.29 is 14.3 Å². The topological polar surface area (TPSA) is 76.6 Å². The van der Waals surface area contributed by atoms with Gasteiger partial charge >= 0.3 is 0 Å². The molecule has 1 atom stereocenters. The van der Waals surface area contributed by atoms with Gasteiger partial charge in [0.25, 0.3) is 0 Å². The van der Waals surface area contributed by atoms with Gasteiger partial charge in [0.15, 0.2) is 11.6 Å². The standard InChI is InChI=1S/C19H22N4O3/c24-14-16-3-4-18(26-16)19-21-6-7-23(19)13-17(15-2-1-5-20-12-15)22-8-10-25-11-9-22/h1-7,12,17,24H,8-11,13-14H2/t17-/m1/s1. The first-order chi connectivity index (χ1) is 12.8. The monoisotopic (exact) mass is 354 g/mol. The van der Waals surface area contributed by atoms with Gasteiger partial charge in [0.05, 0.1) is 19.3 Å². The van der Waals surface area contributed by atoms with E-state index in [9.17, 15) is 5.11 Å². The first kappa shape index (κ1) is 17.0. The van der Waals surface area contributed by atoms with E-state index in [1.165, 1.54) is 5.56 Å². The molecular formula is C19H22N4O3. The second-order valence-electron chi connectivity index (χ2n) is 6.28. The SMILES string of the molecule is OCc1ccc(-c2nccn2C[C@H](c2cccnc2)N2CCOCC2)o1. The number of aliphatic hydroxyl groups is 1. The lowest BCUT2D eigenvalue weighted by Crippen LogP contribution is -2.40. The Morgan fingerprint density at radius 2 is 2.04 bits per heavy atom. The van der Waals surface area contributed by atoms with Crippen molar-refractivity contribution in [1.82, 2.24) is 19.4 Å². The van der Waals surface area contributed by atoms with Crippen molar-refractivity contribution in [3.05, 3.63) is 60.4 Å². The molecule has 136 valence electrons. The lowest BCUT2D eigenvalue weighted by Gasteiger charge is -2.35. The van der Waals surface area contributed by atoms with E-state index >= 15 is 0 Å². The average Bonchev–Trinajstić information content (AvgIpc) is 3.36. The summed E-state index contributed by atoms with van der Waals surface area (Å²) >= 11 is 0. The predicted molar refractivity (Wildman–Crippen MR) is 95.2 cm³/mol. The molecule has 7 heteroatoms. The van der Waals surface area contributed by atoms with E-state index < -0.39 is 0 Å². The Kier molecular flexibility index (Phi) is 5.10. The fourth-order valence-electron chi connectivity index (χ4n) is 3.34. The molecule has 4 heterocycles. The predicted octanol–water partition coefficient (Wildman–Crippen LogP) is 2.10. The molecule has 0 unspecified atom stereocenters. The van der Waals surface area contributed by atoms with Crippen LogP contribution < -0.4 is 0 Å². The molecule has 1 aliphatic heterocycles. The number of aromatic nitrogens is 3. The largest absolute Gasteiger partial charge is 0.455 e. The number of ether oxygens (including phenoxy) is 1. The van der Waals surface area contributed by atoms with Gasteiger partial charge in [-0.3, -0.25) is 9.88 Å². The second kappa shape index (κ2) is 7.82. The normalized spacial score (nSPS) is 16.7. The molecular weight excluding hydrogens is 332 g/mol. The Morgan fingerprint density at radius 1 is 1.15 bits per heavy atom. The van der Waals surface area contributed by atoms with E-state index in [1.54, 1.807) is 18.5 Å². The van der Waals surface area contributed by atoms with Gasteiger partial charge in [-0.05, 0) is 23.8 Å². The first-order valence-corrected chi connectivity index (χ1v) is 8.78. The molecule has 0 saturated carbocycles. The van der Waals surface area contributed by atoms with Crippen LogP contribution in [-0.2, 0) is 17.9 Å². The molecule has 3 aromatic rings. The number of furan rings is 1. The Labute approximate surface area is 151 Å². The van der Waals surface area contributed by atoms with Gasteiger partial charge in [0.1, 0.15) is 12.4 Å². The smallest absolute Gasteiger partial charge is 0.176 e. The minimum absolute atomic E-state index is 0.118. The van der Waals surface area contributed by atoms with Crippen molar-refractivity contribution in [2.75, 3.05) is 26.3 Å². The number of imidazole rings is 1. The summed E-state index contributed by atoms with van der Waals surface area (Å²) in [5, 5.41) is 9.24. The fourth-order valence-corrected chi connectivity index (χ4v) is 3.34. The lowest BCUT2D eigenvalue weighted by molar-refractivity contribution is 0.0123. The van der Waals surface area contributed by atoms with E-state index in [4.69, 9.17) is 9.15 Å². The van der Waals surface area contributed by atoms with Crippen LogP contribution in [0.25, 0.3) is 11.6 Å². The molecule has 1 saturated heterocycles. The maximum absolute atomic E-state index is 9.24. The third kappa shape index (κ3) is 3.55. The Balaban J connectivity index is 1.63. The number of hydrogen-bond donors (Lipinski definition) is 1. The van der Waals surface area contributed by atoms with Gasteiger partial charge in [0, 0.05) is 44.4 Å². The van der Waals surface area contributed by atoms with Gasteiger partial charge in [0.2, 0.25) is 0 Å².